The summed E-state index contributed by atoms with van der Waals surface area (Å²) in [6, 6.07) is 5.63. The molecule has 1 saturated heterocycles. The molecule has 1 aromatic rings. The number of nitrogens with zero attached hydrogens (tertiary/aromatic N) is 1. The highest BCUT2D eigenvalue weighted by atomic mass is 35.5. The number of benzene rings is 1. The van der Waals surface area contributed by atoms with Gasteiger partial charge in [0.25, 0.3) is 5.91 Å². The molecular formula is C21H27ClN2O4. The average molecular weight is 407 g/mol. The summed E-state index contributed by atoms with van der Waals surface area (Å²) in [6.45, 7) is 1.39. The highest BCUT2D eigenvalue weighted by molar-refractivity contribution is 6.31. The van der Waals surface area contributed by atoms with Crippen LogP contribution in [0.2, 0.25) is 5.02 Å². The molecular weight excluding hydrogens is 380 g/mol. The smallest absolute Gasteiger partial charge is 0.303 e. The van der Waals surface area contributed by atoms with Crippen molar-refractivity contribution in [3.63, 3.8) is 0 Å². The van der Waals surface area contributed by atoms with Gasteiger partial charge in [0.2, 0.25) is 5.91 Å². The zero-order chi connectivity index (χ0) is 20.1. The lowest BCUT2D eigenvalue weighted by Crippen LogP contribution is -2.48. The molecule has 1 aromatic carbocycles. The van der Waals surface area contributed by atoms with E-state index in [-0.39, 0.29) is 24.2 Å². The van der Waals surface area contributed by atoms with Gasteiger partial charge in [0.15, 0.2) is 0 Å². The summed E-state index contributed by atoms with van der Waals surface area (Å²) in [5, 5.41) is 12.2. The number of aliphatic carboxylic acids is 1. The van der Waals surface area contributed by atoms with Crippen LogP contribution in [-0.4, -0.2) is 46.9 Å². The second-order valence-corrected chi connectivity index (χ2v) is 8.48. The first-order valence-electron chi connectivity index (χ1n) is 9.96. The maximum absolute atomic E-state index is 13.1. The number of nitrogens with one attached hydrogen (secondary N) is 1. The van der Waals surface area contributed by atoms with Crippen LogP contribution in [0, 0.1) is 5.41 Å². The fourth-order valence-corrected chi connectivity index (χ4v) is 4.64. The minimum Gasteiger partial charge on any atom is -0.481 e. The molecule has 3 rings (SSSR count). The van der Waals surface area contributed by atoms with Gasteiger partial charge in [-0.1, -0.05) is 36.9 Å². The van der Waals surface area contributed by atoms with E-state index in [2.05, 4.69) is 5.32 Å². The zero-order valence-corrected chi connectivity index (χ0v) is 16.7. The Labute approximate surface area is 170 Å². The zero-order valence-electron chi connectivity index (χ0n) is 16.0. The van der Waals surface area contributed by atoms with Crippen LogP contribution in [-0.2, 0) is 9.59 Å². The van der Waals surface area contributed by atoms with Gasteiger partial charge in [-0.05, 0) is 49.3 Å². The van der Waals surface area contributed by atoms with Crippen molar-refractivity contribution in [1.29, 1.82) is 0 Å². The number of carbonyl (C=O) groups is 3. The maximum Gasteiger partial charge on any atom is 0.303 e. The van der Waals surface area contributed by atoms with E-state index in [0.29, 0.717) is 23.7 Å². The molecule has 1 aliphatic carbocycles. The van der Waals surface area contributed by atoms with Crippen molar-refractivity contribution in [2.75, 3.05) is 13.1 Å². The minimum atomic E-state index is -0.986. The van der Waals surface area contributed by atoms with Gasteiger partial charge in [-0.2, -0.15) is 0 Å². The molecule has 1 atom stereocenters. The lowest BCUT2D eigenvalue weighted by molar-refractivity contribution is -0.137. The minimum absolute atomic E-state index is 0.0734. The first-order valence-corrected chi connectivity index (χ1v) is 10.3. The molecule has 7 heteroatoms. The lowest BCUT2D eigenvalue weighted by Gasteiger charge is -2.33. The third kappa shape index (κ3) is 5.04. The topological polar surface area (TPSA) is 86.7 Å². The fourth-order valence-electron chi connectivity index (χ4n) is 4.45. The summed E-state index contributed by atoms with van der Waals surface area (Å²) < 4.78 is 0. The Kier molecular flexibility index (Phi) is 6.60. The van der Waals surface area contributed by atoms with Gasteiger partial charge < -0.3 is 15.3 Å². The monoisotopic (exact) mass is 406 g/mol. The predicted octanol–water partition coefficient (Wildman–Crippen LogP) is 3.49. The lowest BCUT2D eigenvalue weighted by atomic mass is 9.73. The van der Waals surface area contributed by atoms with E-state index in [4.69, 9.17) is 16.7 Å². The molecule has 0 bridgehead atoms. The number of hydrogen-bond acceptors (Lipinski definition) is 3. The number of likely N-dealkylation sites (tertiary alicyclic amines) is 1. The third-order valence-electron chi connectivity index (χ3n) is 6.00. The van der Waals surface area contributed by atoms with Crippen LogP contribution in [0.25, 0.3) is 0 Å². The number of rotatable bonds is 6. The summed E-state index contributed by atoms with van der Waals surface area (Å²) in [5.74, 6) is -1.59. The van der Waals surface area contributed by atoms with Gasteiger partial charge in [-0.15, -0.1) is 0 Å². The molecule has 2 N–H and O–H groups in total. The van der Waals surface area contributed by atoms with Crippen molar-refractivity contribution in [2.24, 2.45) is 5.41 Å². The Bertz CT molecular complexity index is 746. The highest BCUT2D eigenvalue weighted by Crippen LogP contribution is 2.43. The normalized spacial score (nSPS) is 19.4. The Hall–Kier alpha value is -2.08. The summed E-state index contributed by atoms with van der Waals surface area (Å²) in [4.78, 5) is 38.5. The van der Waals surface area contributed by atoms with Crippen molar-refractivity contribution >= 4 is 29.4 Å². The number of carboxylic acid groups (broad SMARTS) is 1. The van der Waals surface area contributed by atoms with Crippen LogP contribution in [0.4, 0.5) is 0 Å². The van der Waals surface area contributed by atoms with E-state index in [1.165, 1.54) is 25.3 Å². The second-order valence-electron chi connectivity index (χ2n) is 8.04. The average Bonchev–Trinajstić information content (AvgIpc) is 3.08. The maximum atomic E-state index is 13.1. The van der Waals surface area contributed by atoms with Crippen LogP contribution < -0.4 is 5.32 Å². The van der Waals surface area contributed by atoms with Crippen LogP contribution >= 0.6 is 11.6 Å². The predicted molar refractivity (Wildman–Crippen MR) is 106 cm³/mol. The highest BCUT2D eigenvalue weighted by Gasteiger charge is 2.42. The van der Waals surface area contributed by atoms with E-state index < -0.39 is 17.9 Å². The molecule has 1 heterocycles. The van der Waals surface area contributed by atoms with Crippen LogP contribution in [0.1, 0.15) is 61.7 Å². The Balaban J connectivity index is 1.69. The molecule has 2 aliphatic rings. The van der Waals surface area contributed by atoms with E-state index in [0.717, 1.165) is 19.3 Å². The van der Waals surface area contributed by atoms with E-state index >= 15 is 0 Å². The summed E-state index contributed by atoms with van der Waals surface area (Å²) in [6.07, 6.45) is 6.84. The molecule has 0 radical (unpaired) electrons. The number of carbonyl (C=O) groups excluding carboxylic acids is 2. The molecule has 28 heavy (non-hydrogen) atoms. The summed E-state index contributed by atoms with van der Waals surface area (Å²) in [5.41, 5.74) is 0.563. The quantitative estimate of drug-likeness (QED) is 0.757. The molecule has 0 aromatic heterocycles. The Morgan fingerprint density at radius 3 is 2.61 bits per heavy atom. The van der Waals surface area contributed by atoms with Gasteiger partial charge in [0, 0.05) is 30.1 Å². The Morgan fingerprint density at radius 2 is 1.93 bits per heavy atom. The van der Waals surface area contributed by atoms with E-state index in [1.807, 2.05) is 4.90 Å². The second kappa shape index (κ2) is 8.95. The molecule has 1 aliphatic heterocycles. The number of hydrogen-bond donors (Lipinski definition) is 2. The van der Waals surface area contributed by atoms with Gasteiger partial charge in [-0.3, -0.25) is 14.4 Å². The molecule has 6 nitrogen and oxygen atoms in total. The first kappa shape index (κ1) is 20.6. The van der Waals surface area contributed by atoms with E-state index in [9.17, 15) is 14.4 Å². The van der Waals surface area contributed by atoms with Gasteiger partial charge in [0.1, 0.15) is 6.04 Å². The molecule has 0 unspecified atom stereocenters. The first-order chi connectivity index (χ1) is 13.4. The molecule has 1 spiro atoms. The Morgan fingerprint density at radius 1 is 1.18 bits per heavy atom. The number of halogens is 1. The molecule has 2 fully saturated rings. The molecule has 152 valence electrons. The molecule has 1 saturated carbocycles. The summed E-state index contributed by atoms with van der Waals surface area (Å²) >= 11 is 5.94. The van der Waals surface area contributed by atoms with Crippen molar-refractivity contribution < 1.29 is 19.5 Å². The van der Waals surface area contributed by atoms with Gasteiger partial charge in [-0.25, -0.2) is 0 Å². The van der Waals surface area contributed by atoms with E-state index in [1.54, 1.807) is 18.2 Å². The van der Waals surface area contributed by atoms with Crippen molar-refractivity contribution in [2.45, 2.75) is 57.4 Å². The fraction of sp³-hybridized carbons (Fsp3) is 0.571. The number of carboxylic acids is 1. The third-order valence-corrected chi connectivity index (χ3v) is 6.24. The van der Waals surface area contributed by atoms with Gasteiger partial charge in [0.05, 0.1) is 0 Å². The van der Waals surface area contributed by atoms with Crippen molar-refractivity contribution in [3.8, 4) is 0 Å². The summed E-state index contributed by atoms with van der Waals surface area (Å²) in [7, 11) is 0. The van der Waals surface area contributed by atoms with Crippen LogP contribution in [0.15, 0.2) is 24.3 Å². The van der Waals surface area contributed by atoms with Crippen molar-refractivity contribution in [3.05, 3.63) is 34.9 Å². The largest absolute Gasteiger partial charge is 0.481 e. The number of amides is 2. The molecule has 2 amide bonds. The standard InChI is InChI=1S/C21H27ClN2O4/c22-16-6-4-5-15(13-16)19(27)23-17(7-8-18(25)26)20(28)24-12-11-21(14-24)9-2-1-3-10-21/h4-6,13,17H,1-3,7-12,14H2,(H,23,27)(H,25,26)/t17-/m1/s1. The van der Waals surface area contributed by atoms with Crippen LogP contribution in [0.3, 0.4) is 0 Å². The van der Waals surface area contributed by atoms with Crippen molar-refractivity contribution in [1.82, 2.24) is 10.2 Å². The van der Waals surface area contributed by atoms with Crippen LogP contribution in [0.5, 0.6) is 0 Å². The SMILES string of the molecule is O=C(O)CC[C@@H](NC(=O)c1cccc(Cl)c1)C(=O)N1CCC2(CCCCC2)C1. The van der Waals surface area contributed by atoms with Gasteiger partial charge >= 0.3 is 5.97 Å².